The molecule has 0 aliphatic carbocycles. The van der Waals surface area contributed by atoms with Gasteiger partial charge in [0.05, 0.1) is 11.9 Å². The van der Waals surface area contributed by atoms with Gasteiger partial charge in [-0.25, -0.2) is 9.37 Å². The number of pyridine rings is 1. The lowest BCUT2D eigenvalue weighted by Crippen LogP contribution is -2.13. The van der Waals surface area contributed by atoms with Crippen LogP contribution in [0.4, 0.5) is 15.8 Å². The molecule has 0 saturated carbocycles. The van der Waals surface area contributed by atoms with Gasteiger partial charge in [-0.3, -0.25) is 4.79 Å². The summed E-state index contributed by atoms with van der Waals surface area (Å²) in [5.74, 6) is -0.683. The van der Waals surface area contributed by atoms with Crippen molar-refractivity contribution >= 4 is 17.3 Å². The number of aryl methyl sites for hydroxylation is 1. The van der Waals surface area contributed by atoms with Crippen LogP contribution in [0.25, 0.3) is 0 Å². The maximum atomic E-state index is 12.9. The lowest BCUT2D eigenvalue weighted by atomic mass is 10.1. The van der Waals surface area contributed by atoms with Gasteiger partial charge in [0.1, 0.15) is 11.5 Å². The Morgan fingerprint density at radius 3 is 2.48 bits per heavy atom. The van der Waals surface area contributed by atoms with Crippen molar-refractivity contribution in [2.24, 2.45) is 0 Å². The van der Waals surface area contributed by atoms with Crippen LogP contribution in [-0.4, -0.2) is 10.9 Å². The molecule has 0 bridgehead atoms. The van der Waals surface area contributed by atoms with Crippen LogP contribution in [0.15, 0.2) is 66.9 Å². The summed E-state index contributed by atoms with van der Waals surface area (Å²) < 4.78 is 12.9. The minimum Gasteiger partial charge on any atom is -0.380 e. The van der Waals surface area contributed by atoms with Gasteiger partial charge in [-0.05, 0) is 48.9 Å². The van der Waals surface area contributed by atoms with E-state index in [4.69, 9.17) is 0 Å². The van der Waals surface area contributed by atoms with Crippen LogP contribution in [0, 0.1) is 12.7 Å². The third-order valence-electron chi connectivity index (χ3n) is 3.68. The molecule has 1 aromatic heterocycles. The van der Waals surface area contributed by atoms with E-state index in [0.29, 0.717) is 17.9 Å². The molecular formula is C20H18FN3O. The van der Waals surface area contributed by atoms with E-state index >= 15 is 0 Å². The van der Waals surface area contributed by atoms with Gasteiger partial charge >= 0.3 is 0 Å². The van der Waals surface area contributed by atoms with Gasteiger partial charge in [-0.15, -0.1) is 0 Å². The average molecular weight is 335 g/mol. The van der Waals surface area contributed by atoms with Gasteiger partial charge in [0.2, 0.25) is 0 Å². The van der Waals surface area contributed by atoms with Crippen molar-refractivity contribution in [3.63, 3.8) is 0 Å². The zero-order chi connectivity index (χ0) is 17.6. The van der Waals surface area contributed by atoms with E-state index in [1.165, 1.54) is 35.4 Å². The predicted octanol–water partition coefficient (Wildman–Crippen LogP) is 4.39. The van der Waals surface area contributed by atoms with Crippen LogP contribution < -0.4 is 10.6 Å². The second-order valence-corrected chi connectivity index (χ2v) is 5.74. The van der Waals surface area contributed by atoms with E-state index in [9.17, 15) is 9.18 Å². The molecule has 0 spiro atoms. The number of halogens is 1. The number of rotatable bonds is 5. The first kappa shape index (κ1) is 16.6. The molecule has 126 valence electrons. The summed E-state index contributed by atoms with van der Waals surface area (Å²) in [5, 5.41) is 5.95. The molecule has 1 amide bonds. The number of nitrogens with zero attached hydrogens (tertiary/aromatic N) is 1. The van der Waals surface area contributed by atoms with E-state index in [1.54, 1.807) is 12.3 Å². The lowest BCUT2D eigenvalue weighted by Gasteiger charge is -2.08. The van der Waals surface area contributed by atoms with Crippen molar-refractivity contribution in [1.82, 2.24) is 4.98 Å². The number of amides is 1. The second kappa shape index (κ2) is 7.57. The second-order valence-electron chi connectivity index (χ2n) is 5.74. The SMILES string of the molecule is Cc1cccc(CNc2ccc(C(=O)Nc3ccc(F)cc3)nc2)c1. The first-order valence-corrected chi connectivity index (χ1v) is 7.92. The van der Waals surface area contributed by atoms with Crippen molar-refractivity contribution < 1.29 is 9.18 Å². The summed E-state index contributed by atoms with van der Waals surface area (Å²) >= 11 is 0. The summed E-state index contributed by atoms with van der Waals surface area (Å²) in [6.07, 6.45) is 1.62. The molecule has 0 saturated heterocycles. The van der Waals surface area contributed by atoms with Crippen molar-refractivity contribution in [2.75, 3.05) is 10.6 Å². The predicted molar refractivity (Wildman–Crippen MR) is 97.1 cm³/mol. The Labute approximate surface area is 145 Å². The van der Waals surface area contributed by atoms with Crippen LogP contribution in [0.5, 0.6) is 0 Å². The summed E-state index contributed by atoms with van der Waals surface area (Å²) in [7, 11) is 0. The van der Waals surface area contributed by atoms with Crippen LogP contribution in [0.3, 0.4) is 0 Å². The number of hydrogen-bond acceptors (Lipinski definition) is 3. The van der Waals surface area contributed by atoms with E-state index in [1.807, 2.05) is 12.1 Å². The van der Waals surface area contributed by atoms with Crippen LogP contribution in [0.2, 0.25) is 0 Å². The van der Waals surface area contributed by atoms with Gasteiger partial charge < -0.3 is 10.6 Å². The molecular weight excluding hydrogens is 317 g/mol. The van der Waals surface area contributed by atoms with Crippen molar-refractivity contribution in [3.8, 4) is 0 Å². The third-order valence-corrected chi connectivity index (χ3v) is 3.68. The van der Waals surface area contributed by atoms with Gasteiger partial charge in [-0.2, -0.15) is 0 Å². The van der Waals surface area contributed by atoms with Gasteiger partial charge in [0.25, 0.3) is 5.91 Å². The number of hydrogen-bond donors (Lipinski definition) is 2. The number of carbonyl (C=O) groups is 1. The Balaban J connectivity index is 1.59. The number of aromatic nitrogens is 1. The monoisotopic (exact) mass is 335 g/mol. The highest BCUT2D eigenvalue weighted by molar-refractivity contribution is 6.02. The number of nitrogens with one attached hydrogen (secondary N) is 2. The number of anilines is 2. The smallest absolute Gasteiger partial charge is 0.274 e. The number of benzene rings is 2. The normalized spacial score (nSPS) is 10.3. The molecule has 0 aliphatic heterocycles. The Kier molecular flexibility index (Phi) is 5.04. The van der Waals surface area contributed by atoms with E-state index < -0.39 is 0 Å². The molecule has 0 fully saturated rings. The molecule has 1 heterocycles. The first-order chi connectivity index (χ1) is 12.1. The van der Waals surface area contributed by atoms with Crippen molar-refractivity contribution in [1.29, 1.82) is 0 Å². The molecule has 5 heteroatoms. The highest BCUT2D eigenvalue weighted by Gasteiger charge is 2.07. The highest BCUT2D eigenvalue weighted by Crippen LogP contribution is 2.13. The third kappa shape index (κ3) is 4.64. The van der Waals surface area contributed by atoms with Crippen molar-refractivity contribution in [3.05, 3.63) is 89.5 Å². The van der Waals surface area contributed by atoms with E-state index in [0.717, 1.165) is 5.69 Å². The van der Waals surface area contributed by atoms with E-state index in [-0.39, 0.29) is 11.7 Å². The number of carbonyl (C=O) groups excluding carboxylic acids is 1. The van der Waals surface area contributed by atoms with Crippen LogP contribution in [-0.2, 0) is 6.54 Å². The molecule has 0 unspecified atom stereocenters. The largest absolute Gasteiger partial charge is 0.380 e. The lowest BCUT2D eigenvalue weighted by molar-refractivity contribution is 0.102. The van der Waals surface area contributed by atoms with E-state index in [2.05, 4.69) is 40.7 Å². The molecule has 4 nitrogen and oxygen atoms in total. The zero-order valence-electron chi connectivity index (χ0n) is 13.8. The van der Waals surface area contributed by atoms with Gasteiger partial charge in [0, 0.05) is 12.2 Å². The molecule has 3 aromatic rings. The topological polar surface area (TPSA) is 54.0 Å². The quantitative estimate of drug-likeness (QED) is 0.727. The Morgan fingerprint density at radius 1 is 1.04 bits per heavy atom. The summed E-state index contributed by atoms with van der Waals surface area (Å²) in [5.41, 5.74) is 4.04. The minimum absolute atomic E-state index is 0.297. The zero-order valence-corrected chi connectivity index (χ0v) is 13.8. The van der Waals surface area contributed by atoms with Crippen molar-refractivity contribution in [2.45, 2.75) is 13.5 Å². The fourth-order valence-corrected chi connectivity index (χ4v) is 2.39. The maximum absolute atomic E-state index is 12.9. The maximum Gasteiger partial charge on any atom is 0.274 e. The Hall–Kier alpha value is -3.21. The van der Waals surface area contributed by atoms with Crippen LogP contribution >= 0.6 is 0 Å². The molecule has 3 rings (SSSR count). The standard InChI is InChI=1S/C20H18FN3O/c1-14-3-2-4-15(11-14)12-22-18-9-10-19(23-13-18)20(25)24-17-7-5-16(21)6-8-17/h2-11,13,22H,12H2,1H3,(H,24,25). The molecule has 0 atom stereocenters. The fraction of sp³-hybridized carbons (Fsp3) is 0.100. The molecule has 2 aromatic carbocycles. The summed E-state index contributed by atoms with van der Waals surface area (Å²) in [6, 6.07) is 17.3. The minimum atomic E-state index is -0.347. The average Bonchev–Trinajstić information content (AvgIpc) is 2.62. The molecule has 0 radical (unpaired) electrons. The summed E-state index contributed by atoms with van der Waals surface area (Å²) in [6.45, 7) is 2.74. The van der Waals surface area contributed by atoms with Crippen LogP contribution in [0.1, 0.15) is 21.6 Å². The Morgan fingerprint density at radius 2 is 1.80 bits per heavy atom. The highest BCUT2D eigenvalue weighted by atomic mass is 19.1. The molecule has 0 aliphatic rings. The van der Waals surface area contributed by atoms with Gasteiger partial charge in [-0.1, -0.05) is 29.8 Å². The van der Waals surface area contributed by atoms with Gasteiger partial charge in [0.15, 0.2) is 0 Å². The molecule has 2 N–H and O–H groups in total. The Bertz CT molecular complexity index is 861. The molecule has 25 heavy (non-hydrogen) atoms. The fourth-order valence-electron chi connectivity index (χ4n) is 2.39. The summed E-state index contributed by atoms with van der Waals surface area (Å²) in [4.78, 5) is 16.3. The first-order valence-electron chi connectivity index (χ1n) is 7.92.